The minimum Gasteiger partial charge on any atom is -0.131 e. The van der Waals surface area contributed by atoms with E-state index in [1.54, 1.807) is 4.91 Å². The molecule has 0 rings (SSSR count). The summed E-state index contributed by atoms with van der Waals surface area (Å²) < 4.78 is 0. The second-order valence-corrected chi connectivity index (χ2v) is 3.65. The van der Waals surface area contributed by atoms with Crippen molar-refractivity contribution < 1.29 is 0 Å². The molecule has 1 heteroatoms. The minimum absolute atomic E-state index is 1.18. The average molecular weight is 158 g/mol. The van der Waals surface area contributed by atoms with E-state index in [2.05, 4.69) is 26.8 Å². The molecule has 0 aliphatic heterocycles. The maximum Gasteiger partial charge on any atom is -0.00518 e. The zero-order valence-corrected chi connectivity index (χ0v) is 8.13. The van der Waals surface area contributed by atoms with Crippen molar-refractivity contribution in [3.63, 3.8) is 0 Å². The molecule has 0 fully saturated rings. The van der Waals surface area contributed by atoms with Crippen LogP contribution in [0.4, 0.5) is 0 Å². The normalized spacial score (nSPS) is 12.1. The SMILES string of the molecule is CC/C=C(/CCC)SCC. The van der Waals surface area contributed by atoms with Gasteiger partial charge < -0.3 is 0 Å². The van der Waals surface area contributed by atoms with Gasteiger partial charge in [0.1, 0.15) is 0 Å². The molecule has 0 nitrogen and oxygen atoms in total. The van der Waals surface area contributed by atoms with Crippen LogP contribution < -0.4 is 0 Å². The van der Waals surface area contributed by atoms with Gasteiger partial charge in [0.15, 0.2) is 0 Å². The Balaban J connectivity index is 3.60. The first-order valence-corrected chi connectivity index (χ1v) is 5.15. The number of hydrogen-bond acceptors (Lipinski definition) is 1. The maximum atomic E-state index is 2.34. The molecule has 0 saturated heterocycles. The Morgan fingerprint density at radius 3 is 2.40 bits per heavy atom. The molecular formula is C9H18S. The highest BCUT2D eigenvalue weighted by atomic mass is 32.2. The first-order valence-electron chi connectivity index (χ1n) is 4.16. The lowest BCUT2D eigenvalue weighted by Crippen LogP contribution is -1.77. The van der Waals surface area contributed by atoms with Crippen molar-refractivity contribution in [1.29, 1.82) is 0 Å². The van der Waals surface area contributed by atoms with E-state index in [1.807, 2.05) is 11.8 Å². The van der Waals surface area contributed by atoms with Gasteiger partial charge in [0.05, 0.1) is 0 Å². The molecule has 10 heavy (non-hydrogen) atoms. The van der Waals surface area contributed by atoms with Crippen molar-refractivity contribution in [1.82, 2.24) is 0 Å². The van der Waals surface area contributed by atoms with E-state index in [0.717, 1.165) is 0 Å². The van der Waals surface area contributed by atoms with Gasteiger partial charge in [0.2, 0.25) is 0 Å². The fraction of sp³-hybridized carbons (Fsp3) is 0.778. The molecule has 0 aromatic carbocycles. The van der Waals surface area contributed by atoms with E-state index >= 15 is 0 Å². The fourth-order valence-electron chi connectivity index (χ4n) is 0.893. The summed E-state index contributed by atoms with van der Waals surface area (Å²) in [6, 6.07) is 0. The smallest absolute Gasteiger partial charge is 0.00518 e. The van der Waals surface area contributed by atoms with Crippen LogP contribution in [0.3, 0.4) is 0 Å². The zero-order valence-electron chi connectivity index (χ0n) is 7.31. The summed E-state index contributed by atoms with van der Waals surface area (Å²) >= 11 is 1.99. The predicted molar refractivity (Wildman–Crippen MR) is 51.4 cm³/mol. The predicted octanol–water partition coefficient (Wildman–Crippen LogP) is 3.83. The second kappa shape index (κ2) is 7.20. The highest BCUT2D eigenvalue weighted by Crippen LogP contribution is 2.20. The topological polar surface area (TPSA) is 0 Å². The van der Waals surface area contributed by atoms with Gasteiger partial charge in [-0.1, -0.05) is 33.3 Å². The molecule has 0 aromatic heterocycles. The van der Waals surface area contributed by atoms with Crippen LogP contribution in [0.5, 0.6) is 0 Å². The molecule has 0 unspecified atom stereocenters. The molecule has 0 aromatic rings. The standard InChI is InChI=1S/C9H18S/c1-4-7-9(8-5-2)10-6-3/h7H,4-6,8H2,1-3H3/b9-7-. The molecule has 0 amide bonds. The monoisotopic (exact) mass is 158 g/mol. The molecule has 0 bridgehead atoms. The van der Waals surface area contributed by atoms with E-state index in [9.17, 15) is 0 Å². The Hall–Kier alpha value is 0.0900. The Kier molecular flexibility index (Phi) is 7.26. The first-order chi connectivity index (χ1) is 4.85. The summed E-state index contributed by atoms with van der Waals surface area (Å²) in [5.74, 6) is 1.21. The zero-order chi connectivity index (χ0) is 7.82. The summed E-state index contributed by atoms with van der Waals surface area (Å²) in [4.78, 5) is 1.58. The molecule has 0 aliphatic rings. The van der Waals surface area contributed by atoms with Crippen molar-refractivity contribution in [2.75, 3.05) is 5.75 Å². The molecule has 0 aliphatic carbocycles. The summed E-state index contributed by atoms with van der Waals surface area (Å²) in [6.07, 6.45) is 6.07. The van der Waals surface area contributed by atoms with E-state index < -0.39 is 0 Å². The summed E-state index contributed by atoms with van der Waals surface area (Å²) in [7, 11) is 0. The van der Waals surface area contributed by atoms with Gasteiger partial charge in [-0.3, -0.25) is 0 Å². The van der Waals surface area contributed by atoms with Crippen LogP contribution in [0.1, 0.15) is 40.0 Å². The number of thioether (sulfide) groups is 1. The van der Waals surface area contributed by atoms with Gasteiger partial charge in [0.25, 0.3) is 0 Å². The van der Waals surface area contributed by atoms with Crippen molar-refractivity contribution >= 4 is 11.8 Å². The summed E-state index contributed by atoms with van der Waals surface area (Å²) in [5, 5.41) is 0. The molecule has 0 spiro atoms. The Morgan fingerprint density at radius 2 is 2.00 bits per heavy atom. The number of hydrogen-bond donors (Lipinski definition) is 0. The van der Waals surface area contributed by atoms with E-state index in [-0.39, 0.29) is 0 Å². The fourth-order valence-corrected chi connectivity index (χ4v) is 1.90. The van der Waals surface area contributed by atoms with Crippen LogP contribution in [0.15, 0.2) is 11.0 Å². The minimum atomic E-state index is 1.18. The molecular weight excluding hydrogens is 140 g/mol. The molecule has 0 atom stereocenters. The summed E-state index contributed by atoms with van der Waals surface area (Å²) in [5.41, 5.74) is 0. The third-order valence-corrected chi connectivity index (χ3v) is 2.29. The van der Waals surface area contributed by atoms with E-state index in [0.29, 0.717) is 0 Å². The highest BCUT2D eigenvalue weighted by Gasteiger charge is 1.92. The van der Waals surface area contributed by atoms with E-state index in [1.165, 1.54) is 25.0 Å². The summed E-state index contributed by atoms with van der Waals surface area (Å²) in [6.45, 7) is 6.65. The van der Waals surface area contributed by atoms with Gasteiger partial charge >= 0.3 is 0 Å². The van der Waals surface area contributed by atoms with Gasteiger partial charge in [-0.05, 0) is 23.5 Å². The number of allylic oxidation sites excluding steroid dienone is 2. The van der Waals surface area contributed by atoms with Crippen molar-refractivity contribution in [2.45, 2.75) is 40.0 Å². The molecule has 0 saturated carbocycles. The quantitative estimate of drug-likeness (QED) is 0.586. The van der Waals surface area contributed by atoms with Gasteiger partial charge in [-0.15, -0.1) is 11.8 Å². The molecule has 0 radical (unpaired) electrons. The Bertz CT molecular complexity index is 86.9. The lowest BCUT2D eigenvalue weighted by atomic mass is 10.3. The molecule has 0 heterocycles. The lowest BCUT2D eigenvalue weighted by Gasteiger charge is -2.01. The van der Waals surface area contributed by atoms with Crippen LogP contribution in [0, 0.1) is 0 Å². The van der Waals surface area contributed by atoms with Crippen LogP contribution in [0.2, 0.25) is 0 Å². The average Bonchev–Trinajstić information content (AvgIpc) is 1.90. The molecule has 0 N–H and O–H groups in total. The first kappa shape index (κ1) is 10.1. The highest BCUT2D eigenvalue weighted by molar-refractivity contribution is 8.03. The number of rotatable bonds is 5. The van der Waals surface area contributed by atoms with Crippen LogP contribution in [-0.4, -0.2) is 5.75 Å². The Morgan fingerprint density at radius 1 is 1.30 bits per heavy atom. The largest absolute Gasteiger partial charge is 0.131 e. The van der Waals surface area contributed by atoms with Crippen LogP contribution in [-0.2, 0) is 0 Å². The van der Waals surface area contributed by atoms with E-state index in [4.69, 9.17) is 0 Å². The second-order valence-electron chi connectivity index (χ2n) is 2.26. The van der Waals surface area contributed by atoms with Crippen molar-refractivity contribution in [2.24, 2.45) is 0 Å². The Labute approximate surface area is 69.1 Å². The van der Waals surface area contributed by atoms with Crippen molar-refractivity contribution in [3.05, 3.63) is 11.0 Å². The van der Waals surface area contributed by atoms with Gasteiger partial charge in [-0.25, -0.2) is 0 Å². The van der Waals surface area contributed by atoms with Crippen LogP contribution >= 0.6 is 11.8 Å². The maximum absolute atomic E-state index is 2.34. The van der Waals surface area contributed by atoms with Crippen LogP contribution in [0.25, 0.3) is 0 Å². The van der Waals surface area contributed by atoms with Crippen molar-refractivity contribution in [3.8, 4) is 0 Å². The van der Waals surface area contributed by atoms with Gasteiger partial charge in [-0.2, -0.15) is 0 Å². The van der Waals surface area contributed by atoms with Gasteiger partial charge in [0, 0.05) is 0 Å². The third kappa shape index (κ3) is 4.92. The molecule has 60 valence electrons. The third-order valence-electron chi connectivity index (χ3n) is 1.26. The lowest BCUT2D eigenvalue weighted by molar-refractivity contribution is 0.939.